The second-order valence-electron chi connectivity index (χ2n) is 12.1. The second kappa shape index (κ2) is 17.2. The Balaban J connectivity index is 2.03. The normalized spacial score (nSPS) is 17.8. The second-order valence-corrected chi connectivity index (χ2v) is 12.1. The van der Waals surface area contributed by atoms with E-state index in [-0.39, 0.29) is 23.4 Å². The van der Waals surface area contributed by atoms with Gasteiger partial charge in [0.1, 0.15) is 5.82 Å². The van der Waals surface area contributed by atoms with Gasteiger partial charge in [-0.2, -0.15) is 13.2 Å². The van der Waals surface area contributed by atoms with Gasteiger partial charge in [0.25, 0.3) is 0 Å². The van der Waals surface area contributed by atoms with Crippen molar-refractivity contribution in [2.24, 2.45) is 5.73 Å². The molecule has 1 aliphatic heterocycles. The molecule has 1 saturated heterocycles. The molecule has 0 saturated carbocycles. The fourth-order valence-corrected chi connectivity index (χ4v) is 5.74. The molecule has 10 heteroatoms. The van der Waals surface area contributed by atoms with Gasteiger partial charge in [-0.3, -0.25) is 4.90 Å². The Kier molecular flexibility index (Phi) is 13.7. The van der Waals surface area contributed by atoms with Gasteiger partial charge in [0.2, 0.25) is 0 Å². The lowest BCUT2D eigenvalue weighted by atomic mass is 9.98. The topological polar surface area (TPSA) is 68.6 Å². The molecule has 1 aliphatic rings. The van der Waals surface area contributed by atoms with E-state index in [4.69, 9.17) is 5.73 Å². The van der Waals surface area contributed by atoms with Crippen LogP contribution in [0.2, 0.25) is 0 Å². The van der Waals surface area contributed by atoms with Gasteiger partial charge in [-0.15, -0.1) is 0 Å². The van der Waals surface area contributed by atoms with Crippen LogP contribution in [0.1, 0.15) is 45.1 Å². The van der Waals surface area contributed by atoms with Crippen LogP contribution in [0.4, 0.5) is 28.9 Å². The number of halogens is 4. The van der Waals surface area contributed by atoms with Gasteiger partial charge < -0.3 is 26.6 Å². The van der Waals surface area contributed by atoms with E-state index in [1.54, 1.807) is 18.2 Å². The zero-order chi connectivity index (χ0) is 34.7. The summed E-state index contributed by atoms with van der Waals surface area (Å²) in [6, 6.07) is 10.8. The minimum atomic E-state index is -4.65. The molecule has 1 heterocycles. The molecule has 5 N–H and O–H groups in total. The summed E-state index contributed by atoms with van der Waals surface area (Å²) in [5, 5.41) is 9.21. The number of nitrogens with zero attached hydrogens (tertiary/aromatic N) is 2. The predicted octanol–water partition coefficient (Wildman–Crippen LogP) is 7.80. The maximum absolute atomic E-state index is 15.4. The highest BCUT2D eigenvalue weighted by molar-refractivity contribution is 5.82. The highest BCUT2D eigenvalue weighted by Gasteiger charge is 2.37. The smallest absolute Gasteiger partial charge is 0.393 e. The van der Waals surface area contributed by atoms with Crippen molar-refractivity contribution >= 4 is 17.1 Å². The molecule has 0 aliphatic carbocycles. The number of likely N-dealkylation sites (N-methyl/N-ethyl adjacent to an activating group) is 1. The first-order valence-electron chi connectivity index (χ1n) is 16.1. The number of nitrogens with one attached hydrogen (secondary N) is 3. The van der Waals surface area contributed by atoms with E-state index >= 15 is 4.39 Å². The molecule has 0 amide bonds. The van der Waals surface area contributed by atoms with E-state index in [0.717, 1.165) is 55.6 Å². The summed E-state index contributed by atoms with van der Waals surface area (Å²) in [7, 11) is 3.60. The predicted molar refractivity (Wildman–Crippen MR) is 190 cm³/mol. The van der Waals surface area contributed by atoms with Crippen molar-refractivity contribution in [3.05, 3.63) is 103 Å². The summed E-state index contributed by atoms with van der Waals surface area (Å²) in [6.45, 7) is 18.7. The Hall–Kier alpha value is -4.02. The molecular formula is C37H50F4N6. The van der Waals surface area contributed by atoms with Crippen molar-refractivity contribution in [1.29, 1.82) is 0 Å². The van der Waals surface area contributed by atoms with Crippen molar-refractivity contribution in [3.63, 3.8) is 0 Å². The lowest BCUT2D eigenvalue weighted by molar-refractivity contribution is -0.0891. The number of hydrogen-bond donors (Lipinski definition) is 4. The molecule has 2 unspecified atom stereocenters. The molecule has 0 bridgehead atoms. The van der Waals surface area contributed by atoms with Gasteiger partial charge in [0, 0.05) is 67.5 Å². The Morgan fingerprint density at radius 1 is 1.02 bits per heavy atom. The van der Waals surface area contributed by atoms with Crippen LogP contribution in [0.25, 0.3) is 16.8 Å². The average molecular weight is 655 g/mol. The molecule has 0 radical (unpaired) electrons. The van der Waals surface area contributed by atoms with Crippen LogP contribution in [-0.4, -0.2) is 63.4 Å². The van der Waals surface area contributed by atoms with E-state index in [2.05, 4.69) is 66.4 Å². The summed E-state index contributed by atoms with van der Waals surface area (Å²) in [4.78, 5) is 4.49. The van der Waals surface area contributed by atoms with Crippen LogP contribution in [0, 0.1) is 5.82 Å². The van der Waals surface area contributed by atoms with Crippen molar-refractivity contribution in [1.82, 2.24) is 15.5 Å². The summed E-state index contributed by atoms with van der Waals surface area (Å²) < 4.78 is 57.8. The van der Waals surface area contributed by atoms with Gasteiger partial charge in [-0.1, -0.05) is 44.7 Å². The summed E-state index contributed by atoms with van der Waals surface area (Å²) >= 11 is 0. The third-order valence-electron chi connectivity index (χ3n) is 8.57. The largest absolute Gasteiger partial charge is 0.417 e. The monoisotopic (exact) mass is 654 g/mol. The van der Waals surface area contributed by atoms with Crippen molar-refractivity contribution in [3.8, 4) is 11.1 Å². The Labute approximate surface area is 277 Å². The van der Waals surface area contributed by atoms with E-state index in [0.29, 0.717) is 42.1 Å². The van der Waals surface area contributed by atoms with Crippen LogP contribution in [0.15, 0.2) is 91.3 Å². The minimum Gasteiger partial charge on any atom is -0.393 e. The van der Waals surface area contributed by atoms with Crippen LogP contribution >= 0.6 is 0 Å². The summed E-state index contributed by atoms with van der Waals surface area (Å²) in [5.74, 6) is -0.424. The van der Waals surface area contributed by atoms with Crippen LogP contribution < -0.4 is 26.6 Å². The molecule has 2 atom stereocenters. The zero-order valence-corrected chi connectivity index (χ0v) is 28.1. The fourth-order valence-electron chi connectivity index (χ4n) is 5.74. The van der Waals surface area contributed by atoms with Gasteiger partial charge >= 0.3 is 6.18 Å². The van der Waals surface area contributed by atoms with Crippen LogP contribution in [0.3, 0.4) is 0 Å². The van der Waals surface area contributed by atoms with Gasteiger partial charge in [0.15, 0.2) is 0 Å². The van der Waals surface area contributed by atoms with E-state index < -0.39 is 17.6 Å². The van der Waals surface area contributed by atoms with E-state index in [1.807, 2.05) is 12.1 Å². The van der Waals surface area contributed by atoms with E-state index in [1.165, 1.54) is 19.3 Å². The Bertz CT molecular complexity index is 1450. The fraction of sp³-hybridized carbons (Fsp3) is 0.405. The Morgan fingerprint density at radius 2 is 1.70 bits per heavy atom. The van der Waals surface area contributed by atoms with Crippen molar-refractivity contribution < 1.29 is 17.6 Å². The number of unbranched alkanes of at least 4 members (excludes halogenated alkanes) is 3. The first-order valence-corrected chi connectivity index (χ1v) is 16.1. The van der Waals surface area contributed by atoms with Gasteiger partial charge in [0.05, 0.1) is 16.9 Å². The molecular weight excluding hydrogens is 604 g/mol. The number of nitrogens with two attached hydrogens (primary N) is 1. The SMILES string of the molecule is C=C/C=C(\C(=C/NC)C(=C)Nc1cc(-c2cc(C(=C)NCCCCCCN)ccc2F)ccc1N1CC(C)N(C)C(C)C1)C(F)(F)F. The number of hydrogen-bond acceptors (Lipinski definition) is 6. The summed E-state index contributed by atoms with van der Waals surface area (Å²) in [5.41, 5.74) is 8.16. The number of alkyl halides is 3. The molecule has 6 nitrogen and oxygen atoms in total. The molecule has 256 valence electrons. The molecule has 3 rings (SSSR count). The minimum absolute atomic E-state index is 0.0247. The third kappa shape index (κ3) is 9.98. The highest BCUT2D eigenvalue weighted by Crippen LogP contribution is 2.39. The number of rotatable bonds is 16. The third-order valence-corrected chi connectivity index (χ3v) is 8.57. The molecule has 2 aromatic carbocycles. The molecule has 2 aromatic rings. The molecule has 1 fully saturated rings. The standard InChI is InChI=1S/C37H50F4N6/c1-8-13-33(37(39,40)41)32(22-43-6)28(5)45-35-21-30(15-17-36(35)47-23-25(2)46(7)26(3)24-47)31-20-29(14-16-34(31)38)27(4)44-19-12-10-9-11-18-42/h8,13-17,20-22,25-26,43-45H,1,4-5,9-12,18-19,23-24,42H2,2-3,6-7H3/b32-22-,33-13+. The van der Waals surface area contributed by atoms with Gasteiger partial charge in [-0.05, 0) is 87.8 Å². The average Bonchev–Trinajstić information content (AvgIpc) is 3.02. The maximum atomic E-state index is 15.4. The lowest BCUT2D eigenvalue weighted by Gasteiger charge is -2.44. The Morgan fingerprint density at radius 3 is 2.32 bits per heavy atom. The van der Waals surface area contributed by atoms with Crippen molar-refractivity contribution in [2.45, 2.75) is 57.8 Å². The molecule has 0 spiro atoms. The number of benzene rings is 2. The zero-order valence-electron chi connectivity index (χ0n) is 28.1. The molecule has 0 aromatic heterocycles. The molecule has 47 heavy (non-hydrogen) atoms. The van der Waals surface area contributed by atoms with Crippen LogP contribution in [0.5, 0.6) is 0 Å². The first kappa shape index (κ1) is 37.4. The van der Waals surface area contributed by atoms with E-state index in [9.17, 15) is 13.2 Å². The van der Waals surface area contributed by atoms with Crippen LogP contribution in [-0.2, 0) is 0 Å². The maximum Gasteiger partial charge on any atom is 0.417 e. The van der Waals surface area contributed by atoms with Crippen molar-refractivity contribution in [2.75, 3.05) is 50.5 Å². The number of allylic oxidation sites excluding steroid dienone is 3. The lowest BCUT2D eigenvalue weighted by Crippen LogP contribution is -2.55. The first-order chi connectivity index (χ1) is 22.3. The van der Waals surface area contributed by atoms with Gasteiger partial charge in [-0.25, -0.2) is 4.39 Å². The number of anilines is 2. The highest BCUT2D eigenvalue weighted by atomic mass is 19.4. The number of piperazine rings is 1. The summed E-state index contributed by atoms with van der Waals surface area (Å²) in [6.07, 6.45) is 2.71. The quantitative estimate of drug-likeness (QED) is 0.0842.